The minimum absolute atomic E-state index is 0.0382. The number of phenolic OH excluding ortho intramolecular Hbond substituents is 1. The third-order valence-corrected chi connectivity index (χ3v) is 11.3. The van der Waals surface area contributed by atoms with E-state index in [0.717, 1.165) is 75.4 Å². The normalized spacial score (nSPS) is 30.5. The summed E-state index contributed by atoms with van der Waals surface area (Å²) in [5.74, 6) is 3.77. The second-order valence-corrected chi connectivity index (χ2v) is 14.1. The van der Waals surface area contributed by atoms with Crippen molar-refractivity contribution in [3.05, 3.63) is 29.8 Å². The minimum atomic E-state index is -0.198. The van der Waals surface area contributed by atoms with Crippen molar-refractivity contribution >= 4 is 5.91 Å². The van der Waals surface area contributed by atoms with Gasteiger partial charge in [-0.25, -0.2) is 0 Å². The number of nitrogens with zero attached hydrogens (tertiary/aromatic N) is 2. The lowest BCUT2D eigenvalue weighted by atomic mass is 9.50. The number of hydrogen-bond acceptors (Lipinski definition) is 5. The molecule has 3 fully saturated rings. The third kappa shape index (κ3) is 4.96. The first-order chi connectivity index (χ1) is 19.9. The fraction of sp³-hybridized carbons (Fsp3) is 0.743. The fourth-order valence-electron chi connectivity index (χ4n) is 9.66. The van der Waals surface area contributed by atoms with Gasteiger partial charge in [-0.15, -0.1) is 6.58 Å². The lowest BCUT2D eigenvalue weighted by molar-refractivity contribution is -0.143. The Hall–Kier alpha value is -2.21. The number of methoxy groups -OCH3 is 1. The molecular formula is C35H52N2O4. The number of unbranched alkanes of at least 4 members (excludes halogenated alkanes) is 1. The van der Waals surface area contributed by atoms with E-state index in [9.17, 15) is 9.90 Å². The predicted molar refractivity (Wildman–Crippen MR) is 163 cm³/mol. The average molecular weight is 565 g/mol. The minimum Gasteiger partial charge on any atom is -0.508 e. The molecule has 226 valence electrons. The Labute approximate surface area is 247 Å². The van der Waals surface area contributed by atoms with Crippen molar-refractivity contribution in [2.45, 2.75) is 121 Å². The number of carbonyl (C=O) groups excluding carboxylic acids is 1. The van der Waals surface area contributed by atoms with Crippen molar-refractivity contribution in [1.29, 1.82) is 0 Å². The topological polar surface area (TPSA) is 62.2 Å². The largest absolute Gasteiger partial charge is 0.508 e. The molecule has 6 rings (SSSR count). The maximum atomic E-state index is 14.0. The van der Waals surface area contributed by atoms with E-state index >= 15 is 0 Å². The lowest BCUT2D eigenvalue weighted by Gasteiger charge is -2.60. The second-order valence-electron chi connectivity index (χ2n) is 14.1. The highest BCUT2D eigenvalue weighted by Crippen LogP contribution is 2.65. The van der Waals surface area contributed by atoms with Gasteiger partial charge in [0.1, 0.15) is 11.9 Å². The van der Waals surface area contributed by atoms with Gasteiger partial charge >= 0.3 is 0 Å². The number of carbonyl (C=O) groups is 1. The molecule has 2 bridgehead atoms. The Morgan fingerprint density at radius 2 is 2.05 bits per heavy atom. The number of aromatic hydroxyl groups is 1. The molecule has 1 saturated heterocycles. The van der Waals surface area contributed by atoms with E-state index in [1.807, 2.05) is 6.08 Å². The SMILES string of the molecule is C=CCN1CC[C@]23c4c5c(O)cc(OC)c4O[C@H]2[C@H](N(CC(C)C)C(=O)CCCCC2CCCCC2)CC[C@H]3[C@H]1C5. The maximum absolute atomic E-state index is 14.0. The van der Waals surface area contributed by atoms with Crippen LogP contribution in [0.1, 0.15) is 102 Å². The van der Waals surface area contributed by atoms with Gasteiger partial charge in [-0.2, -0.15) is 0 Å². The van der Waals surface area contributed by atoms with Crippen molar-refractivity contribution in [2.24, 2.45) is 17.8 Å². The molecule has 2 heterocycles. The number of ether oxygens (including phenoxy) is 2. The maximum Gasteiger partial charge on any atom is 0.222 e. The van der Waals surface area contributed by atoms with Crippen LogP contribution in [0.15, 0.2) is 18.7 Å². The van der Waals surface area contributed by atoms with E-state index in [1.165, 1.54) is 44.1 Å². The Morgan fingerprint density at radius 1 is 1.24 bits per heavy atom. The van der Waals surface area contributed by atoms with Gasteiger partial charge < -0.3 is 19.5 Å². The van der Waals surface area contributed by atoms with Crippen molar-refractivity contribution in [2.75, 3.05) is 26.7 Å². The zero-order valence-corrected chi connectivity index (χ0v) is 25.7. The predicted octanol–water partition coefficient (Wildman–Crippen LogP) is 6.62. The Balaban J connectivity index is 1.29. The second kappa shape index (κ2) is 11.8. The van der Waals surface area contributed by atoms with Crippen molar-refractivity contribution in [3.8, 4) is 17.2 Å². The first kappa shape index (κ1) is 28.9. The summed E-state index contributed by atoms with van der Waals surface area (Å²) < 4.78 is 12.8. The van der Waals surface area contributed by atoms with E-state index < -0.39 is 0 Å². The molecule has 2 saturated carbocycles. The fourth-order valence-corrected chi connectivity index (χ4v) is 9.66. The van der Waals surface area contributed by atoms with Crippen LogP contribution in [0.4, 0.5) is 0 Å². The van der Waals surface area contributed by atoms with Gasteiger partial charge in [0.15, 0.2) is 11.5 Å². The highest BCUT2D eigenvalue weighted by atomic mass is 16.5. The lowest BCUT2D eigenvalue weighted by Crippen LogP contribution is -2.69. The number of hydrogen-bond donors (Lipinski definition) is 1. The van der Waals surface area contributed by atoms with E-state index in [4.69, 9.17) is 9.47 Å². The summed E-state index contributed by atoms with van der Waals surface area (Å²) in [6.45, 7) is 11.1. The van der Waals surface area contributed by atoms with Crippen molar-refractivity contribution < 1.29 is 19.4 Å². The summed E-state index contributed by atoms with van der Waals surface area (Å²) in [5, 5.41) is 11.2. The molecule has 1 N–H and O–H groups in total. The summed E-state index contributed by atoms with van der Waals surface area (Å²) in [4.78, 5) is 18.8. The van der Waals surface area contributed by atoms with Gasteiger partial charge in [0.25, 0.3) is 0 Å². The van der Waals surface area contributed by atoms with Crippen LogP contribution < -0.4 is 9.47 Å². The van der Waals surface area contributed by atoms with E-state index in [-0.39, 0.29) is 17.6 Å². The number of benzene rings is 1. The van der Waals surface area contributed by atoms with Crippen LogP contribution in [0.5, 0.6) is 17.2 Å². The molecule has 0 aromatic heterocycles. The Morgan fingerprint density at radius 3 is 2.78 bits per heavy atom. The van der Waals surface area contributed by atoms with E-state index in [2.05, 4.69) is 30.2 Å². The van der Waals surface area contributed by atoms with Crippen LogP contribution in [-0.2, 0) is 16.6 Å². The van der Waals surface area contributed by atoms with Gasteiger partial charge in [0, 0.05) is 48.2 Å². The van der Waals surface area contributed by atoms with Gasteiger partial charge in [0.2, 0.25) is 5.91 Å². The first-order valence-electron chi connectivity index (χ1n) is 16.6. The third-order valence-electron chi connectivity index (χ3n) is 11.3. The van der Waals surface area contributed by atoms with Gasteiger partial charge in [0.05, 0.1) is 13.2 Å². The zero-order valence-electron chi connectivity index (χ0n) is 25.7. The summed E-state index contributed by atoms with van der Waals surface area (Å²) in [6, 6.07) is 2.13. The molecular weight excluding hydrogens is 512 g/mol. The highest BCUT2D eigenvalue weighted by Gasteiger charge is 2.67. The van der Waals surface area contributed by atoms with Crippen molar-refractivity contribution in [3.63, 3.8) is 0 Å². The summed E-state index contributed by atoms with van der Waals surface area (Å²) >= 11 is 0. The van der Waals surface area contributed by atoms with Crippen LogP contribution in [-0.4, -0.2) is 65.7 Å². The quantitative estimate of drug-likeness (QED) is 0.242. The van der Waals surface area contributed by atoms with Crippen LogP contribution >= 0.6 is 0 Å². The molecule has 0 unspecified atom stereocenters. The van der Waals surface area contributed by atoms with Crippen LogP contribution in [0.25, 0.3) is 0 Å². The molecule has 41 heavy (non-hydrogen) atoms. The van der Waals surface area contributed by atoms with Crippen LogP contribution in [0.3, 0.4) is 0 Å². The molecule has 2 aliphatic heterocycles. The molecule has 1 amide bonds. The van der Waals surface area contributed by atoms with E-state index in [0.29, 0.717) is 41.7 Å². The van der Waals surface area contributed by atoms with Crippen LogP contribution in [0.2, 0.25) is 0 Å². The smallest absolute Gasteiger partial charge is 0.222 e. The van der Waals surface area contributed by atoms with Gasteiger partial charge in [-0.3, -0.25) is 9.69 Å². The number of piperidine rings is 1. The number of rotatable bonds is 11. The first-order valence-corrected chi connectivity index (χ1v) is 16.6. The highest BCUT2D eigenvalue weighted by molar-refractivity contribution is 5.77. The summed E-state index contributed by atoms with van der Waals surface area (Å²) in [6.07, 6.45) is 16.7. The zero-order chi connectivity index (χ0) is 28.7. The molecule has 3 aliphatic carbocycles. The Bertz CT molecular complexity index is 1130. The number of phenols is 1. The molecule has 5 aliphatic rings. The number of likely N-dealkylation sites (tertiary alicyclic amines) is 1. The summed E-state index contributed by atoms with van der Waals surface area (Å²) in [5.41, 5.74) is 2.02. The molecule has 1 aromatic rings. The monoisotopic (exact) mass is 564 g/mol. The molecule has 1 spiro atoms. The molecule has 1 aromatic carbocycles. The van der Waals surface area contributed by atoms with E-state index in [1.54, 1.807) is 13.2 Å². The van der Waals surface area contributed by atoms with Crippen LogP contribution in [0, 0.1) is 17.8 Å². The van der Waals surface area contributed by atoms with Crippen molar-refractivity contribution in [1.82, 2.24) is 9.80 Å². The Kier molecular flexibility index (Phi) is 8.33. The molecule has 6 heteroatoms. The number of amides is 1. The van der Waals surface area contributed by atoms with Gasteiger partial charge in [-0.1, -0.05) is 64.9 Å². The molecule has 6 nitrogen and oxygen atoms in total. The molecule has 0 radical (unpaired) electrons. The average Bonchev–Trinajstić information content (AvgIpc) is 3.31. The van der Waals surface area contributed by atoms with Gasteiger partial charge in [-0.05, 0) is 56.4 Å². The summed E-state index contributed by atoms with van der Waals surface area (Å²) in [7, 11) is 1.66. The standard InChI is InChI=1S/C35H52N2O4/c1-5-18-36-19-17-35-26-15-16-27(34(35)41-33-30(40-4)21-29(38)25(32(33)35)20-28(26)36)37(22-23(2)3)31(39)14-10-9-13-24-11-7-6-8-12-24/h5,21,23-24,26-28,34,38H,1,6-20,22H2,2-4H3/t26-,27+,28+,34-,35-/m0/s1. The molecule has 5 atom stereocenters.